The van der Waals surface area contributed by atoms with Crippen LogP contribution < -0.4 is 15.0 Å². The Kier molecular flexibility index (Phi) is 6.65. The molecule has 2 aromatic heterocycles. The second kappa shape index (κ2) is 11.6. The van der Waals surface area contributed by atoms with Crippen LogP contribution in [0.5, 0.6) is 11.8 Å². The largest absolute Gasteiger partial charge is 0.508 e. The number of ether oxygens (including phenoxy) is 2. The summed E-state index contributed by atoms with van der Waals surface area (Å²) < 4.78 is 79.9. The lowest BCUT2D eigenvalue weighted by atomic mass is 9.94. The topological polar surface area (TPSA) is 95.9 Å². The molecule has 3 atom stereocenters. The minimum Gasteiger partial charge on any atom is -0.508 e. The monoisotopic (exact) mass is 659 g/mol. The molecule has 4 fully saturated rings. The highest BCUT2D eigenvalue weighted by molar-refractivity contribution is 6.03. The van der Waals surface area contributed by atoms with E-state index in [-0.39, 0.29) is 64.1 Å². The highest BCUT2D eigenvalue weighted by atomic mass is 19.1. The van der Waals surface area contributed by atoms with Gasteiger partial charge in [-0.05, 0) is 67.8 Å². The molecule has 6 heterocycles. The van der Waals surface area contributed by atoms with E-state index < -0.39 is 29.8 Å². The zero-order chi connectivity index (χ0) is 35.7. The first-order chi connectivity index (χ1) is 24.4. The maximum Gasteiger partial charge on any atom is 0.319 e. The molecular weight excluding hydrogens is 621 g/mol. The highest BCUT2D eigenvalue weighted by Gasteiger charge is 2.48. The quantitative estimate of drug-likeness (QED) is 0.259. The van der Waals surface area contributed by atoms with Gasteiger partial charge >= 0.3 is 6.01 Å². The maximum absolute atomic E-state index is 17.0. The van der Waals surface area contributed by atoms with Gasteiger partial charge in [0.2, 0.25) is 0 Å². The lowest BCUT2D eigenvalue weighted by Crippen LogP contribution is -2.61. The van der Waals surface area contributed by atoms with Crippen molar-refractivity contribution in [1.82, 2.24) is 25.2 Å². The van der Waals surface area contributed by atoms with Gasteiger partial charge in [0.25, 0.3) is 0 Å². The number of methoxy groups -OCH3 is 1. The van der Waals surface area contributed by atoms with E-state index >= 15 is 4.39 Å². The van der Waals surface area contributed by atoms with Crippen LogP contribution in [-0.2, 0) is 4.74 Å². The summed E-state index contributed by atoms with van der Waals surface area (Å²) >= 11 is 0. The van der Waals surface area contributed by atoms with Crippen LogP contribution in [0.1, 0.15) is 41.8 Å². The van der Waals surface area contributed by atoms with E-state index in [1.54, 1.807) is 0 Å². The lowest BCUT2D eigenvalue weighted by Gasteiger charge is -2.41. The Hall–Kier alpha value is -4.44. The van der Waals surface area contributed by atoms with Crippen molar-refractivity contribution in [2.45, 2.75) is 49.2 Å². The number of pyridine rings is 1. The van der Waals surface area contributed by atoms with Gasteiger partial charge in [0.05, 0.1) is 39.1 Å². The number of phenolic OH excluding ortho intramolecular Hbond substituents is 1. The third-order valence-electron chi connectivity index (χ3n) is 10.5. The molecule has 2 N–H and O–H groups in total. The van der Waals surface area contributed by atoms with Crippen LogP contribution >= 0.6 is 0 Å². The molecule has 9 nitrogen and oxygen atoms in total. The SMILES string of the molecule is [2H]C([2H])([2H])OC[C@@]12CC[C@@H](CN(c3nc(OC[C@@]45CCCN4C/C(=C/F)C5)nc4c(F)c(-c5cc(O)cc6ccc(F)c(C#C)c56)ncc34)C1)N2. The molecular formula is C36H35F3N6O3. The zero-order valence-corrected chi connectivity index (χ0v) is 26.0. The van der Waals surface area contributed by atoms with Crippen molar-refractivity contribution >= 4 is 27.5 Å². The molecule has 248 valence electrons. The fraction of sp³-hybridized carbons (Fsp3) is 0.417. The fourth-order valence-electron chi connectivity index (χ4n) is 8.36. The lowest BCUT2D eigenvalue weighted by molar-refractivity contribution is 0.107. The summed E-state index contributed by atoms with van der Waals surface area (Å²) in [5, 5.41) is 15.0. The third-order valence-corrected chi connectivity index (χ3v) is 10.5. The number of anilines is 1. The molecule has 4 aliphatic rings. The summed E-state index contributed by atoms with van der Waals surface area (Å²) in [6.45, 7) is 2.18. The van der Waals surface area contributed by atoms with Crippen molar-refractivity contribution in [2.24, 2.45) is 0 Å². The predicted octanol–water partition coefficient (Wildman–Crippen LogP) is 5.24. The van der Waals surface area contributed by atoms with Gasteiger partial charge < -0.3 is 24.8 Å². The normalized spacial score (nSPS) is 27.3. The van der Waals surface area contributed by atoms with Crippen molar-refractivity contribution in [3.8, 4) is 35.4 Å². The van der Waals surface area contributed by atoms with Crippen molar-refractivity contribution < 1.29 is 31.9 Å². The molecule has 12 heteroatoms. The molecule has 0 saturated carbocycles. The molecule has 8 rings (SSSR count). The third kappa shape index (κ3) is 4.95. The first-order valence-electron chi connectivity index (χ1n) is 17.5. The number of terminal acetylenes is 1. The average molecular weight is 660 g/mol. The van der Waals surface area contributed by atoms with Crippen molar-refractivity contribution in [2.75, 3.05) is 51.3 Å². The minimum atomic E-state index is -2.58. The van der Waals surface area contributed by atoms with Gasteiger partial charge in [-0.25, -0.2) is 13.2 Å². The van der Waals surface area contributed by atoms with Gasteiger partial charge in [0, 0.05) is 49.9 Å². The molecule has 0 radical (unpaired) electrons. The van der Waals surface area contributed by atoms with Crippen LogP contribution in [-0.4, -0.2) is 88.5 Å². The standard InChI is InChI=1S/C36H35F3N6O3/c1-3-25-28(38)6-5-22-11-24(46)12-26(29(22)25)31-30(39)32-27(15-40-31)33(44-17-23-7-9-35(18-44,43-23)19-47-2)42-34(41-32)48-20-36-8-4-10-45(36)16-21(13-36)14-37/h1,5-6,11-12,14-15,23,43,46H,4,7-10,13,16-20H2,2H3/b21-14+/t23-,35+,36-/m0/s1/i2D3. The van der Waals surface area contributed by atoms with E-state index in [1.807, 2.05) is 4.90 Å². The molecule has 0 amide bonds. The van der Waals surface area contributed by atoms with Crippen LogP contribution in [0, 0.1) is 24.0 Å². The number of halogens is 3. The number of hydrogen-bond donors (Lipinski definition) is 2. The van der Waals surface area contributed by atoms with Crippen LogP contribution in [0.3, 0.4) is 0 Å². The minimum absolute atomic E-state index is 0.0171. The van der Waals surface area contributed by atoms with Gasteiger partial charge in [0.15, 0.2) is 5.82 Å². The number of phenols is 1. The number of rotatable bonds is 7. The Morgan fingerprint density at radius 3 is 2.98 bits per heavy atom. The van der Waals surface area contributed by atoms with Crippen LogP contribution in [0.25, 0.3) is 32.9 Å². The molecule has 2 aromatic carbocycles. The second-order valence-electron chi connectivity index (χ2n) is 13.5. The predicted molar refractivity (Wildman–Crippen MR) is 176 cm³/mol. The van der Waals surface area contributed by atoms with Gasteiger partial charge in [-0.3, -0.25) is 9.88 Å². The number of aromatic nitrogens is 3. The Morgan fingerprint density at radius 2 is 2.15 bits per heavy atom. The number of nitrogens with zero attached hydrogens (tertiary/aromatic N) is 5. The van der Waals surface area contributed by atoms with Gasteiger partial charge in [-0.1, -0.05) is 12.0 Å². The Balaban J connectivity index is 1.25. The average Bonchev–Trinajstić information content (AvgIpc) is 3.75. The second-order valence-corrected chi connectivity index (χ2v) is 13.5. The number of hydrogen-bond acceptors (Lipinski definition) is 9. The van der Waals surface area contributed by atoms with Crippen molar-refractivity contribution in [3.05, 3.63) is 59.6 Å². The molecule has 48 heavy (non-hydrogen) atoms. The number of fused-ring (bicyclic) bond motifs is 5. The summed E-state index contributed by atoms with van der Waals surface area (Å²) in [4.78, 5) is 18.0. The number of piperazine rings is 1. The Bertz CT molecular complexity index is 2150. The Morgan fingerprint density at radius 1 is 1.25 bits per heavy atom. The van der Waals surface area contributed by atoms with E-state index in [2.05, 4.69) is 26.1 Å². The molecule has 0 spiro atoms. The summed E-state index contributed by atoms with van der Waals surface area (Å²) in [5.74, 6) is 0.957. The molecule has 0 unspecified atom stereocenters. The summed E-state index contributed by atoms with van der Waals surface area (Å²) in [6.07, 6.45) is 11.4. The summed E-state index contributed by atoms with van der Waals surface area (Å²) in [7, 11) is -2.58. The van der Waals surface area contributed by atoms with Crippen LogP contribution in [0.2, 0.25) is 0 Å². The molecule has 0 aliphatic carbocycles. The number of nitrogens with one attached hydrogen (secondary N) is 1. The highest BCUT2D eigenvalue weighted by Crippen LogP contribution is 2.43. The smallest absolute Gasteiger partial charge is 0.319 e. The summed E-state index contributed by atoms with van der Waals surface area (Å²) in [5.41, 5.74) is -0.807. The maximum atomic E-state index is 17.0. The first-order valence-corrected chi connectivity index (χ1v) is 16.0. The fourth-order valence-corrected chi connectivity index (χ4v) is 8.36. The van der Waals surface area contributed by atoms with E-state index in [4.69, 9.17) is 25.0 Å². The first kappa shape index (κ1) is 27.5. The molecule has 4 saturated heterocycles. The zero-order valence-electron chi connectivity index (χ0n) is 29.0. The van der Waals surface area contributed by atoms with Gasteiger partial charge in [-0.2, -0.15) is 9.97 Å². The summed E-state index contributed by atoms with van der Waals surface area (Å²) in [6, 6.07) is 5.21. The van der Waals surface area contributed by atoms with E-state index in [9.17, 15) is 13.9 Å². The molecule has 2 bridgehead atoms. The van der Waals surface area contributed by atoms with E-state index in [0.29, 0.717) is 55.6 Å². The van der Waals surface area contributed by atoms with Crippen molar-refractivity contribution in [1.29, 1.82) is 0 Å². The van der Waals surface area contributed by atoms with Gasteiger partial charge in [0.1, 0.15) is 35.2 Å². The number of benzene rings is 2. The van der Waals surface area contributed by atoms with E-state index in [0.717, 1.165) is 25.8 Å². The van der Waals surface area contributed by atoms with Crippen molar-refractivity contribution in [3.63, 3.8) is 0 Å². The van der Waals surface area contributed by atoms with Gasteiger partial charge in [-0.15, -0.1) is 6.42 Å². The Labute approximate surface area is 280 Å². The van der Waals surface area contributed by atoms with Crippen LogP contribution in [0.15, 0.2) is 42.4 Å². The van der Waals surface area contributed by atoms with E-state index in [1.165, 1.54) is 30.5 Å². The molecule has 4 aromatic rings. The number of aromatic hydroxyl groups is 1. The molecule has 4 aliphatic heterocycles. The van der Waals surface area contributed by atoms with Crippen LogP contribution in [0.4, 0.5) is 19.0 Å².